The van der Waals surface area contributed by atoms with Gasteiger partial charge in [0.15, 0.2) is 0 Å². The molecule has 0 radical (unpaired) electrons. The summed E-state index contributed by atoms with van der Waals surface area (Å²) in [6, 6.07) is 0. The standard InChI is InChI=1S/C14H28N4/c1-13(2)8-5-4-6-9-14-12-18(17-16-14)11-7-10-15-3/h12-13,15H,4-11H2,1-3H3. The van der Waals surface area contributed by atoms with Crippen molar-refractivity contribution < 1.29 is 0 Å². The molecule has 0 spiro atoms. The van der Waals surface area contributed by atoms with Crippen LogP contribution in [-0.2, 0) is 13.0 Å². The molecule has 1 aromatic rings. The number of hydrogen-bond acceptors (Lipinski definition) is 3. The summed E-state index contributed by atoms with van der Waals surface area (Å²) in [7, 11) is 1.98. The van der Waals surface area contributed by atoms with E-state index in [2.05, 4.69) is 35.7 Å². The normalized spacial score (nSPS) is 11.3. The van der Waals surface area contributed by atoms with Crippen molar-refractivity contribution in [3.63, 3.8) is 0 Å². The van der Waals surface area contributed by atoms with Gasteiger partial charge in [-0.05, 0) is 38.8 Å². The van der Waals surface area contributed by atoms with Crippen molar-refractivity contribution in [1.29, 1.82) is 0 Å². The molecule has 0 bridgehead atoms. The first-order valence-corrected chi connectivity index (χ1v) is 7.26. The Morgan fingerprint density at radius 1 is 1.22 bits per heavy atom. The van der Waals surface area contributed by atoms with E-state index in [9.17, 15) is 0 Å². The molecule has 1 N–H and O–H groups in total. The van der Waals surface area contributed by atoms with Crippen molar-refractivity contribution in [2.24, 2.45) is 5.92 Å². The number of nitrogens with zero attached hydrogens (tertiary/aromatic N) is 3. The molecule has 104 valence electrons. The van der Waals surface area contributed by atoms with E-state index in [0.29, 0.717) is 0 Å². The zero-order chi connectivity index (χ0) is 13.2. The van der Waals surface area contributed by atoms with Crippen LogP contribution in [0, 0.1) is 5.92 Å². The second-order valence-electron chi connectivity index (χ2n) is 5.42. The fraction of sp³-hybridized carbons (Fsp3) is 0.857. The van der Waals surface area contributed by atoms with Gasteiger partial charge in [-0.3, -0.25) is 4.68 Å². The van der Waals surface area contributed by atoms with Crippen molar-refractivity contribution in [2.75, 3.05) is 13.6 Å². The van der Waals surface area contributed by atoms with E-state index in [1.165, 1.54) is 25.7 Å². The van der Waals surface area contributed by atoms with Crippen LogP contribution in [0.4, 0.5) is 0 Å². The fourth-order valence-electron chi connectivity index (χ4n) is 2.02. The molecule has 18 heavy (non-hydrogen) atoms. The molecule has 0 aliphatic carbocycles. The van der Waals surface area contributed by atoms with Gasteiger partial charge in [-0.15, -0.1) is 5.10 Å². The molecular weight excluding hydrogens is 224 g/mol. The highest BCUT2D eigenvalue weighted by Gasteiger charge is 2.01. The SMILES string of the molecule is CNCCCn1cc(CCCCCC(C)C)nn1. The summed E-state index contributed by atoms with van der Waals surface area (Å²) in [5.41, 5.74) is 1.14. The molecule has 0 aromatic carbocycles. The van der Waals surface area contributed by atoms with E-state index < -0.39 is 0 Å². The van der Waals surface area contributed by atoms with E-state index in [4.69, 9.17) is 0 Å². The van der Waals surface area contributed by atoms with Gasteiger partial charge < -0.3 is 5.32 Å². The first kappa shape index (κ1) is 15.2. The Kier molecular flexibility index (Phi) is 7.65. The van der Waals surface area contributed by atoms with Crippen molar-refractivity contribution in [3.05, 3.63) is 11.9 Å². The second-order valence-corrected chi connectivity index (χ2v) is 5.42. The Hall–Kier alpha value is -0.900. The maximum atomic E-state index is 4.22. The van der Waals surface area contributed by atoms with E-state index in [1.54, 1.807) is 0 Å². The second kappa shape index (κ2) is 9.09. The van der Waals surface area contributed by atoms with Crippen LogP contribution in [-0.4, -0.2) is 28.6 Å². The fourth-order valence-corrected chi connectivity index (χ4v) is 2.02. The zero-order valence-electron chi connectivity index (χ0n) is 12.2. The molecule has 0 fully saturated rings. The van der Waals surface area contributed by atoms with Crippen LogP contribution in [0.1, 0.15) is 51.6 Å². The largest absolute Gasteiger partial charge is 0.320 e. The monoisotopic (exact) mass is 252 g/mol. The molecule has 0 atom stereocenters. The maximum Gasteiger partial charge on any atom is 0.0827 e. The third-order valence-corrected chi connectivity index (χ3v) is 3.11. The molecule has 4 heteroatoms. The van der Waals surface area contributed by atoms with Gasteiger partial charge >= 0.3 is 0 Å². The number of hydrogen-bond donors (Lipinski definition) is 1. The van der Waals surface area contributed by atoms with E-state index in [-0.39, 0.29) is 0 Å². The molecule has 1 rings (SSSR count). The highest BCUT2D eigenvalue weighted by Crippen LogP contribution is 2.10. The predicted octanol–water partition coefficient (Wildman–Crippen LogP) is 2.65. The van der Waals surface area contributed by atoms with Gasteiger partial charge in [-0.2, -0.15) is 0 Å². The van der Waals surface area contributed by atoms with Gasteiger partial charge in [0.2, 0.25) is 0 Å². The first-order chi connectivity index (χ1) is 8.72. The Morgan fingerprint density at radius 3 is 2.78 bits per heavy atom. The lowest BCUT2D eigenvalue weighted by atomic mass is 10.0. The van der Waals surface area contributed by atoms with Crippen LogP contribution in [0.2, 0.25) is 0 Å². The molecule has 1 aromatic heterocycles. The highest BCUT2D eigenvalue weighted by atomic mass is 15.4. The number of aryl methyl sites for hydroxylation is 2. The quantitative estimate of drug-likeness (QED) is 0.651. The molecular formula is C14H28N4. The Bertz CT molecular complexity index is 306. The Labute approximate surface area is 111 Å². The summed E-state index contributed by atoms with van der Waals surface area (Å²) in [6.45, 7) is 6.57. The molecule has 4 nitrogen and oxygen atoms in total. The third-order valence-electron chi connectivity index (χ3n) is 3.11. The van der Waals surface area contributed by atoms with Gasteiger partial charge in [0.25, 0.3) is 0 Å². The third kappa shape index (κ3) is 6.74. The van der Waals surface area contributed by atoms with Crippen LogP contribution in [0.5, 0.6) is 0 Å². The van der Waals surface area contributed by atoms with Crippen LogP contribution in [0.25, 0.3) is 0 Å². The molecule has 0 aliphatic heterocycles. The van der Waals surface area contributed by atoms with Gasteiger partial charge in [-0.25, -0.2) is 0 Å². The first-order valence-electron chi connectivity index (χ1n) is 7.26. The van der Waals surface area contributed by atoms with Gasteiger partial charge in [0.05, 0.1) is 5.69 Å². The molecule has 0 unspecified atom stereocenters. The zero-order valence-corrected chi connectivity index (χ0v) is 12.2. The molecule has 0 amide bonds. The van der Waals surface area contributed by atoms with Crippen LogP contribution in [0.15, 0.2) is 6.20 Å². The topological polar surface area (TPSA) is 42.7 Å². The minimum absolute atomic E-state index is 0.832. The summed E-state index contributed by atoms with van der Waals surface area (Å²) in [5, 5.41) is 11.5. The molecule has 1 heterocycles. The highest BCUT2D eigenvalue weighted by molar-refractivity contribution is 4.92. The number of rotatable bonds is 10. The van der Waals surface area contributed by atoms with E-state index in [0.717, 1.165) is 37.5 Å². The summed E-state index contributed by atoms with van der Waals surface area (Å²) in [4.78, 5) is 0. The average Bonchev–Trinajstić information content (AvgIpc) is 2.77. The van der Waals surface area contributed by atoms with E-state index in [1.807, 2.05) is 11.7 Å². The lowest BCUT2D eigenvalue weighted by Gasteiger charge is -2.02. The van der Waals surface area contributed by atoms with Crippen molar-refractivity contribution in [3.8, 4) is 0 Å². The average molecular weight is 252 g/mol. The van der Waals surface area contributed by atoms with Crippen LogP contribution in [0.3, 0.4) is 0 Å². The number of nitrogens with one attached hydrogen (secondary N) is 1. The van der Waals surface area contributed by atoms with Crippen LogP contribution >= 0.6 is 0 Å². The van der Waals surface area contributed by atoms with Crippen LogP contribution < -0.4 is 5.32 Å². The van der Waals surface area contributed by atoms with E-state index >= 15 is 0 Å². The lowest BCUT2D eigenvalue weighted by molar-refractivity contribution is 0.526. The summed E-state index contributed by atoms with van der Waals surface area (Å²) >= 11 is 0. The van der Waals surface area contributed by atoms with Gasteiger partial charge in [0, 0.05) is 12.7 Å². The summed E-state index contributed by atoms with van der Waals surface area (Å²) in [6.07, 6.45) is 9.51. The molecule has 0 saturated heterocycles. The lowest BCUT2D eigenvalue weighted by Crippen LogP contribution is -2.11. The maximum absolute atomic E-state index is 4.22. The Morgan fingerprint density at radius 2 is 2.06 bits per heavy atom. The molecule has 0 aliphatic rings. The number of aromatic nitrogens is 3. The predicted molar refractivity (Wildman–Crippen MR) is 75.6 cm³/mol. The Balaban J connectivity index is 2.11. The summed E-state index contributed by atoms with van der Waals surface area (Å²) in [5.74, 6) is 0.832. The van der Waals surface area contributed by atoms with Crippen molar-refractivity contribution in [2.45, 2.75) is 58.9 Å². The van der Waals surface area contributed by atoms with Crippen molar-refractivity contribution in [1.82, 2.24) is 20.3 Å². The van der Waals surface area contributed by atoms with Crippen molar-refractivity contribution >= 4 is 0 Å². The minimum atomic E-state index is 0.832. The number of unbranched alkanes of at least 4 members (excludes halogenated alkanes) is 2. The van der Waals surface area contributed by atoms with Gasteiger partial charge in [-0.1, -0.05) is 38.3 Å². The molecule has 0 saturated carbocycles. The minimum Gasteiger partial charge on any atom is -0.320 e. The smallest absolute Gasteiger partial charge is 0.0827 e. The summed E-state index contributed by atoms with van der Waals surface area (Å²) < 4.78 is 1.96. The van der Waals surface area contributed by atoms with Gasteiger partial charge in [0.1, 0.15) is 0 Å².